The second kappa shape index (κ2) is 11.5. The highest BCUT2D eigenvalue weighted by Gasteiger charge is 2.36. The first-order valence-corrected chi connectivity index (χ1v) is 7.09. The zero-order valence-corrected chi connectivity index (χ0v) is 11.3. The number of hydrogen-bond donors (Lipinski definition) is 2. The molecule has 0 fully saturated rings. The van der Waals surface area contributed by atoms with Crippen LogP contribution in [0.2, 0.25) is 6.04 Å². The third kappa shape index (κ3) is 7.78. The van der Waals surface area contributed by atoms with Gasteiger partial charge >= 0.3 is 8.80 Å². The van der Waals surface area contributed by atoms with Crippen LogP contribution in [0.4, 0.5) is 0 Å². The Kier molecular flexibility index (Phi) is 13.8. The first-order valence-electron chi connectivity index (χ1n) is 4.53. The van der Waals surface area contributed by atoms with Gasteiger partial charge in [0.2, 0.25) is 0 Å². The third-order valence-corrected chi connectivity index (χ3v) is 4.41. The third-order valence-electron chi connectivity index (χ3n) is 1.57. The van der Waals surface area contributed by atoms with Gasteiger partial charge in [0.05, 0.1) is 0 Å². The summed E-state index contributed by atoms with van der Waals surface area (Å²) in [4.78, 5) is 0. The van der Waals surface area contributed by atoms with Gasteiger partial charge in [0.25, 0.3) is 0 Å². The molecule has 0 saturated heterocycles. The van der Waals surface area contributed by atoms with Crippen LogP contribution in [0.5, 0.6) is 0 Å². The zero-order chi connectivity index (χ0) is 11.4. The Bertz CT molecular complexity index is 103. The van der Waals surface area contributed by atoms with E-state index < -0.39 is 8.80 Å². The Hall–Kier alpha value is 0.407. The fraction of sp³-hybridized carbons (Fsp3) is 1.00. The van der Waals surface area contributed by atoms with E-state index in [1.165, 1.54) is 0 Å². The Morgan fingerprint density at radius 3 is 1.71 bits per heavy atom. The molecule has 14 heavy (non-hydrogen) atoms. The second-order valence-corrected chi connectivity index (χ2v) is 6.16. The maximum Gasteiger partial charge on any atom is 0.500 e. The minimum Gasteiger partial charge on any atom is -0.396 e. The number of rotatable bonds is 6. The van der Waals surface area contributed by atoms with Crippen LogP contribution in [-0.4, -0.2) is 47.6 Å². The summed E-state index contributed by atoms with van der Waals surface area (Å²) in [6.07, 6.45) is 0.655. The normalized spacial score (nSPS) is 10.7. The van der Waals surface area contributed by atoms with E-state index in [9.17, 15) is 0 Å². The van der Waals surface area contributed by atoms with Gasteiger partial charge in [0.1, 0.15) is 0 Å². The van der Waals surface area contributed by atoms with Crippen LogP contribution in [0, 0.1) is 0 Å². The Labute approximate surface area is 93.3 Å². The summed E-state index contributed by atoms with van der Waals surface area (Å²) in [6.45, 7) is 2.13. The summed E-state index contributed by atoms with van der Waals surface area (Å²) >= 11 is 3.79. The topological polar surface area (TPSA) is 47.9 Å². The van der Waals surface area contributed by atoms with Crippen molar-refractivity contribution >= 4 is 21.4 Å². The molecule has 0 aromatic heterocycles. The largest absolute Gasteiger partial charge is 0.500 e. The van der Waals surface area contributed by atoms with Gasteiger partial charge in [-0.25, -0.2) is 0 Å². The quantitative estimate of drug-likeness (QED) is 0.542. The van der Waals surface area contributed by atoms with Crippen molar-refractivity contribution in [2.45, 2.75) is 19.4 Å². The predicted molar refractivity (Wildman–Crippen MR) is 62.8 cm³/mol. The summed E-state index contributed by atoms with van der Waals surface area (Å²) in [5.41, 5.74) is 0. The van der Waals surface area contributed by atoms with E-state index in [0.29, 0.717) is 12.5 Å². The van der Waals surface area contributed by atoms with Gasteiger partial charge in [-0.1, -0.05) is 6.92 Å². The fourth-order valence-electron chi connectivity index (χ4n) is 0.852. The van der Waals surface area contributed by atoms with E-state index in [0.717, 1.165) is 5.75 Å². The standard InChI is InChI=1S/C6H16O4Si.C2H6S/c1-8-11(9-2,10-3)6-4-5-7;1-2-3/h7H,4-6H2,1-3H3;3H,2H2,1H3. The van der Waals surface area contributed by atoms with Gasteiger partial charge in [-0.2, -0.15) is 12.6 Å². The van der Waals surface area contributed by atoms with Gasteiger partial charge in [0.15, 0.2) is 0 Å². The molecular formula is C8H22O4SSi. The molecule has 0 rings (SSSR count). The molecule has 0 bridgehead atoms. The number of aliphatic hydroxyl groups excluding tert-OH is 1. The van der Waals surface area contributed by atoms with E-state index in [1.807, 2.05) is 6.92 Å². The van der Waals surface area contributed by atoms with E-state index in [-0.39, 0.29) is 6.61 Å². The molecular weight excluding hydrogens is 220 g/mol. The van der Waals surface area contributed by atoms with Crippen LogP contribution in [0.1, 0.15) is 13.3 Å². The van der Waals surface area contributed by atoms with Crippen LogP contribution in [0.15, 0.2) is 0 Å². The van der Waals surface area contributed by atoms with Crippen LogP contribution >= 0.6 is 12.6 Å². The Morgan fingerprint density at radius 1 is 1.14 bits per heavy atom. The minimum absolute atomic E-state index is 0.144. The lowest BCUT2D eigenvalue weighted by Crippen LogP contribution is -2.42. The molecule has 0 amide bonds. The van der Waals surface area contributed by atoms with E-state index in [4.69, 9.17) is 18.4 Å². The van der Waals surface area contributed by atoms with Gasteiger partial charge < -0.3 is 18.4 Å². The first-order chi connectivity index (χ1) is 6.66. The molecule has 0 aromatic carbocycles. The molecule has 0 radical (unpaired) electrons. The van der Waals surface area contributed by atoms with Crippen molar-refractivity contribution in [3.63, 3.8) is 0 Å². The average molecular weight is 242 g/mol. The lowest BCUT2D eigenvalue weighted by Gasteiger charge is -2.23. The van der Waals surface area contributed by atoms with Gasteiger partial charge in [-0.05, 0) is 12.2 Å². The summed E-state index contributed by atoms with van der Waals surface area (Å²) in [5, 5.41) is 8.57. The fourth-order valence-corrected chi connectivity index (χ4v) is 2.56. The van der Waals surface area contributed by atoms with Crippen molar-refractivity contribution in [3.8, 4) is 0 Å². The monoisotopic (exact) mass is 242 g/mol. The number of aliphatic hydroxyl groups is 1. The zero-order valence-electron chi connectivity index (χ0n) is 9.45. The SMILES string of the molecule is CCS.CO[Si](CCCO)(OC)OC. The van der Waals surface area contributed by atoms with Crippen molar-refractivity contribution in [2.75, 3.05) is 33.7 Å². The maximum atomic E-state index is 8.57. The summed E-state index contributed by atoms with van der Waals surface area (Å²) in [6, 6.07) is 0.660. The second-order valence-electron chi connectivity index (χ2n) is 2.44. The highest BCUT2D eigenvalue weighted by Crippen LogP contribution is 2.13. The van der Waals surface area contributed by atoms with E-state index >= 15 is 0 Å². The summed E-state index contributed by atoms with van der Waals surface area (Å²) < 4.78 is 15.4. The molecule has 0 atom stereocenters. The average Bonchev–Trinajstić information content (AvgIpc) is 2.22. The van der Waals surface area contributed by atoms with Crippen molar-refractivity contribution in [1.82, 2.24) is 0 Å². The molecule has 0 saturated carbocycles. The molecule has 0 aliphatic rings. The first kappa shape index (κ1) is 16.8. The van der Waals surface area contributed by atoms with E-state index in [2.05, 4.69) is 12.6 Å². The van der Waals surface area contributed by atoms with Crippen LogP contribution in [-0.2, 0) is 13.3 Å². The molecule has 0 unspecified atom stereocenters. The maximum absolute atomic E-state index is 8.57. The lowest BCUT2D eigenvalue weighted by atomic mass is 10.5. The minimum atomic E-state index is -2.40. The van der Waals surface area contributed by atoms with Crippen molar-refractivity contribution < 1.29 is 18.4 Å². The Balaban J connectivity index is 0. The van der Waals surface area contributed by atoms with Crippen molar-refractivity contribution in [3.05, 3.63) is 0 Å². The smallest absolute Gasteiger partial charge is 0.396 e. The number of hydrogen-bond acceptors (Lipinski definition) is 5. The van der Waals surface area contributed by atoms with Crippen molar-refractivity contribution in [2.24, 2.45) is 0 Å². The molecule has 1 N–H and O–H groups in total. The molecule has 0 aromatic rings. The molecule has 0 spiro atoms. The number of thiol groups is 1. The van der Waals surface area contributed by atoms with Crippen LogP contribution in [0.3, 0.4) is 0 Å². The van der Waals surface area contributed by atoms with Gasteiger partial charge in [0, 0.05) is 34.0 Å². The molecule has 4 nitrogen and oxygen atoms in total. The van der Waals surface area contributed by atoms with E-state index in [1.54, 1.807) is 21.3 Å². The molecule has 0 heterocycles. The highest BCUT2D eigenvalue weighted by molar-refractivity contribution is 7.80. The Morgan fingerprint density at radius 2 is 1.50 bits per heavy atom. The van der Waals surface area contributed by atoms with Crippen LogP contribution in [0.25, 0.3) is 0 Å². The van der Waals surface area contributed by atoms with Gasteiger partial charge in [-0.15, -0.1) is 0 Å². The summed E-state index contributed by atoms with van der Waals surface area (Å²) in [7, 11) is 2.30. The molecule has 88 valence electrons. The highest BCUT2D eigenvalue weighted by atomic mass is 32.1. The molecule has 0 aliphatic carbocycles. The molecule has 6 heteroatoms. The lowest BCUT2D eigenvalue weighted by molar-refractivity contribution is 0.120. The molecule has 0 aliphatic heterocycles. The van der Waals surface area contributed by atoms with Crippen LogP contribution < -0.4 is 0 Å². The van der Waals surface area contributed by atoms with Gasteiger partial charge in [-0.3, -0.25) is 0 Å². The summed E-state index contributed by atoms with van der Waals surface area (Å²) in [5.74, 6) is 0.944. The predicted octanol–water partition coefficient (Wildman–Crippen LogP) is 1.18. The van der Waals surface area contributed by atoms with Crippen molar-refractivity contribution in [1.29, 1.82) is 0 Å².